The van der Waals surface area contributed by atoms with Gasteiger partial charge in [-0.1, -0.05) is 91.0 Å². The van der Waals surface area contributed by atoms with E-state index < -0.39 is 11.5 Å². The number of hydrogen-bond acceptors (Lipinski definition) is 8. The zero-order chi connectivity index (χ0) is 34.7. The van der Waals surface area contributed by atoms with E-state index in [0.29, 0.717) is 47.7 Å². The lowest BCUT2D eigenvalue weighted by atomic mass is 9.76. The van der Waals surface area contributed by atoms with Crippen molar-refractivity contribution in [2.24, 2.45) is 7.05 Å². The quantitative estimate of drug-likeness (QED) is 0.0447. The second-order valence-electron chi connectivity index (χ2n) is 11.9. The smallest absolute Gasteiger partial charge is 0.341 e. The van der Waals surface area contributed by atoms with E-state index in [1.807, 2.05) is 84.4 Å². The molecule has 0 saturated heterocycles. The third-order valence-corrected chi connectivity index (χ3v) is 8.90. The number of ether oxygens (including phenoxy) is 2. The number of nitrogens with zero attached hydrogens (tertiary/aromatic N) is 6. The van der Waals surface area contributed by atoms with Crippen molar-refractivity contribution >= 4 is 28.0 Å². The first-order chi connectivity index (χ1) is 24.4. The van der Waals surface area contributed by atoms with Crippen LogP contribution in [0.4, 0.5) is 0 Å². The number of hydrogen-bond donors (Lipinski definition) is 0. The number of unbranched alkanes of at least 4 members (excludes halogenated alkanes) is 1. The molecule has 7 rings (SSSR count). The number of aromatic nitrogens is 5. The molecule has 250 valence electrons. The first-order valence-electron chi connectivity index (χ1n) is 16.3. The first-order valence-corrected chi connectivity index (χ1v) is 16.3. The molecule has 4 aromatic carbocycles. The topological polar surface area (TPSA) is 127 Å². The molecule has 0 atom stereocenters. The number of rotatable bonds is 12. The van der Waals surface area contributed by atoms with Gasteiger partial charge in [-0.25, -0.2) is 14.8 Å². The molecule has 0 aliphatic heterocycles. The Morgan fingerprint density at radius 3 is 2.08 bits per heavy atom. The average Bonchev–Trinajstić information content (AvgIpc) is 3.70. The minimum atomic E-state index is -0.936. The van der Waals surface area contributed by atoms with Gasteiger partial charge in [0.05, 0.1) is 25.4 Å². The Bertz CT molecular complexity index is 2210. The summed E-state index contributed by atoms with van der Waals surface area (Å²) in [5.74, 6) is 0.0728. The van der Waals surface area contributed by atoms with Gasteiger partial charge in [-0.3, -0.25) is 14.8 Å². The SMILES string of the molecule is COC(=O)c1cn(C(c2ccccc2)(c2ccccc2)c2ccccc2)c2ncc(-c3nn(C)c4ccc(OCCCC[N+](=O)[O-])cc34)nc12. The number of fused-ring (bicyclic) bond motifs is 2. The van der Waals surface area contributed by atoms with Crippen molar-refractivity contribution in [1.29, 1.82) is 0 Å². The Balaban J connectivity index is 1.42. The van der Waals surface area contributed by atoms with Crippen LogP contribution in [0, 0.1) is 10.1 Å². The molecular formula is C39H34N6O5. The van der Waals surface area contributed by atoms with Crippen molar-refractivity contribution < 1.29 is 19.2 Å². The second kappa shape index (κ2) is 13.6. The standard InChI is InChI=1S/C39H34N6O5/c1-43-34-21-20-30(50-23-13-12-22-45(47)48)24-31(34)35(42-43)33-25-40-37-36(41-33)32(38(46)49-2)26-44(37)39(27-14-6-3-7-15-27,28-16-8-4-9-17-28)29-18-10-5-11-19-29/h3-11,14-21,24-26H,12-13,22-23H2,1-2H3. The first kappa shape index (κ1) is 32.2. The van der Waals surface area contributed by atoms with Gasteiger partial charge in [0, 0.05) is 30.0 Å². The predicted octanol–water partition coefficient (Wildman–Crippen LogP) is 7.05. The van der Waals surface area contributed by atoms with Crippen LogP contribution in [-0.2, 0) is 17.3 Å². The highest BCUT2D eigenvalue weighted by molar-refractivity contribution is 6.03. The largest absolute Gasteiger partial charge is 0.494 e. The van der Waals surface area contributed by atoms with Crippen LogP contribution in [0.1, 0.15) is 39.9 Å². The summed E-state index contributed by atoms with van der Waals surface area (Å²) in [6.45, 7) is 0.261. The highest BCUT2D eigenvalue weighted by atomic mass is 16.6. The fourth-order valence-corrected chi connectivity index (χ4v) is 6.63. The second-order valence-corrected chi connectivity index (χ2v) is 11.9. The van der Waals surface area contributed by atoms with Crippen LogP contribution in [-0.4, -0.2) is 55.5 Å². The van der Waals surface area contributed by atoms with Crippen molar-refractivity contribution in [3.8, 4) is 17.1 Å². The third kappa shape index (κ3) is 5.72. The van der Waals surface area contributed by atoms with Crippen molar-refractivity contribution in [2.75, 3.05) is 20.3 Å². The number of esters is 1. The predicted molar refractivity (Wildman–Crippen MR) is 190 cm³/mol. The lowest BCUT2D eigenvalue weighted by Crippen LogP contribution is -2.37. The molecule has 0 spiro atoms. The van der Waals surface area contributed by atoms with Gasteiger partial charge in [-0.05, 0) is 41.3 Å². The molecule has 11 heteroatoms. The highest BCUT2D eigenvalue weighted by Crippen LogP contribution is 2.43. The van der Waals surface area contributed by atoms with Crippen molar-refractivity contribution in [3.05, 3.63) is 154 Å². The van der Waals surface area contributed by atoms with Gasteiger partial charge >= 0.3 is 5.97 Å². The van der Waals surface area contributed by atoms with Crippen molar-refractivity contribution in [2.45, 2.75) is 18.4 Å². The summed E-state index contributed by atoms with van der Waals surface area (Å²) in [5.41, 5.74) is 5.00. The van der Waals surface area contributed by atoms with Crippen LogP contribution >= 0.6 is 0 Å². The summed E-state index contributed by atoms with van der Waals surface area (Å²) in [5, 5.41) is 16.3. The van der Waals surface area contributed by atoms with Crippen LogP contribution in [0.15, 0.2) is 122 Å². The molecule has 0 aliphatic rings. The molecule has 50 heavy (non-hydrogen) atoms. The number of aryl methyl sites for hydroxylation is 1. The van der Waals surface area contributed by atoms with E-state index >= 15 is 0 Å². The van der Waals surface area contributed by atoms with E-state index in [4.69, 9.17) is 24.5 Å². The maximum Gasteiger partial charge on any atom is 0.341 e. The van der Waals surface area contributed by atoms with Crippen molar-refractivity contribution in [3.63, 3.8) is 0 Å². The van der Waals surface area contributed by atoms with Gasteiger partial charge in [-0.2, -0.15) is 5.10 Å². The minimum Gasteiger partial charge on any atom is -0.494 e. The van der Waals surface area contributed by atoms with Gasteiger partial charge < -0.3 is 14.0 Å². The zero-order valence-electron chi connectivity index (χ0n) is 27.6. The van der Waals surface area contributed by atoms with E-state index in [0.717, 1.165) is 27.6 Å². The lowest BCUT2D eigenvalue weighted by molar-refractivity contribution is -0.480. The summed E-state index contributed by atoms with van der Waals surface area (Å²) >= 11 is 0. The van der Waals surface area contributed by atoms with Gasteiger partial charge in [0.25, 0.3) is 0 Å². The fourth-order valence-electron chi connectivity index (χ4n) is 6.63. The summed E-state index contributed by atoms with van der Waals surface area (Å²) in [6.07, 6.45) is 4.46. The number of methoxy groups -OCH3 is 1. The van der Waals surface area contributed by atoms with Gasteiger partial charge in [0.1, 0.15) is 33.8 Å². The zero-order valence-corrected chi connectivity index (χ0v) is 27.6. The van der Waals surface area contributed by atoms with Gasteiger partial charge in [0.2, 0.25) is 6.54 Å². The normalized spacial score (nSPS) is 11.6. The molecule has 0 unspecified atom stereocenters. The van der Waals surface area contributed by atoms with E-state index in [2.05, 4.69) is 36.4 Å². The third-order valence-electron chi connectivity index (χ3n) is 8.90. The lowest BCUT2D eigenvalue weighted by Gasteiger charge is -2.38. The van der Waals surface area contributed by atoms with Gasteiger partial charge in [-0.15, -0.1) is 0 Å². The van der Waals surface area contributed by atoms with E-state index in [1.165, 1.54) is 7.11 Å². The molecule has 0 bridgehead atoms. The Morgan fingerprint density at radius 2 is 1.50 bits per heavy atom. The van der Waals surface area contributed by atoms with Crippen LogP contribution in [0.25, 0.3) is 33.5 Å². The van der Waals surface area contributed by atoms with Crippen LogP contribution in [0.5, 0.6) is 5.75 Å². The van der Waals surface area contributed by atoms with E-state index in [1.54, 1.807) is 17.1 Å². The number of benzene rings is 4. The van der Waals surface area contributed by atoms with Crippen LogP contribution in [0.3, 0.4) is 0 Å². The maximum absolute atomic E-state index is 13.5. The Morgan fingerprint density at radius 1 is 0.880 bits per heavy atom. The summed E-state index contributed by atoms with van der Waals surface area (Å²) in [4.78, 5) is 33.9. The molecule has 0 saturated carbocycles. The Labute approximate surface area is 287 Å². The molecule has 0 aliphatic carbocycles. The minimum absolute atomic E-state index is 0.0885. The Hall–Kier alpha value is -6.36. The van der Waals surface area contributed by atoms with Gasteiger partial charge in [0.15, 0.2) is 5.65 Å². The molecule has 0 amide bonds. The summed E-state index contributed by atoms with van der Waals surface area (Å²) in [7, 11) is 3.20. The molecule has 7 aromatic rings. The molecule has 3 heterocycles. The molecule has 0 N–H and O–H groups in total. The van der Waals surface area contributed by atoms with Crippen LogP contribution < -0.4 is 4.74 Å². The average molecular weight is 667 g/mol. The molecule has 0 fully saturated rings. The summed E-state index contributed by atoms with van der Waals surface area (Å²) < 4.78 is 15.0. The van der Waals surface area contributed by atoms with E-state index in [9.17, 15) is 14.9 Å². The molecule has 0 radical (unpaired) electrons. The number of carbonyl (C=O) groups is 1. The monoisotopic (exact) mass is 666 g/mol. The molecule has 3 aromatic heterocycles. The number of nitro groups is 1. The van der Waals surface area contributed by atoms with Crippen LogP contribution in [0.2, 0.25) is 0 Å². The summed E-state index contributed by atoms with van der Waals surface area (Å²) in [6, 6.07) is 36.1. The molecular weight excluding hydrogens is 632 g/mol. The highest BCUT2D eigenvalue weighted by Gasteiger charge is 2.41. The number of carbonyl (C=O) groups excluding carboxylic acids is 1. The maximum atomic E-state index is 13.5. The van der Waals surface area contributed by atoms with Crippen molar-refractivity contribution in [1.82, 2.24) is 24.3 Å². The Kier molecular flexibility index (Phi) is 8.78. The fraction of sp³-hybridized carbons (Fsp3) is 0.179. The van der Waals surface area contributed by atoms with E-state index in [-0.39, 0.29) is 17.0 Å². The molecule has 11 nitrogen and oxygen atoms in total.